The number of allylic oxidation sites excluding steroid dienone is 1. The first-order chi connectivity index (χ1) is 5.66. The Hall–Kier alpha value is -0.570. The molecule has 0 atom stereocenters. The van der Waals surface area contributed by atoms with Crippen molar-refractivity contribution in [1.82, 2.24) is 0 Å². The summed E-state index contributed by atoms with van der Waals surface area (Å²) in [5.41, 5.74) is 0.724. The van der Waals surface area contributed by atoms with Crippen LogP contribution in [0, 0.1) is 0 Å². The quantitative estimate of drug-likeness (QED) is 0.698. The standard InChI is InChI=1S/C9H11BrO2/c1-3-4-5-7-8(10)6(2)12-9(7)11/h2-5H2,1H3. The number of cyclic esters (lactones) is 1. The van der Waals surface area contributed by atoms with Crippen LogP contribution in [0.1, 0.15) is 26.2 Å². The summed E-state index contributed by atoms with van der Waals surface area (Å²) in [4.78, 5) is 11.1. The van der Waals surface area contributed by atoms with Gasteiger partial charge in [0.05, 0.1) is 10.1 Å². The van der Waals surface area contributed by atoms with Crippen molar-refractivity contribution < 1.29 is 9.53 Å². The average molecular weight is 231 g/mol. The van der Waals surface area contributed by atoms with Crippen molar-refractivity contribution in [2.75, 3.05) is 0 Å². The van der Waals surface area contributed by atoms with E-state index in [0.29, 0.717) is 5.76 Å². The third-order valence-electron chi connectivity index (χ3n) is 1.75. The molecule has 0 aliphatic carbocycles. The molecule has 0 N–H and O–H groups in total. The first kappa shape index (κ1) is 9.52. The molecule has 0 aromatic carbocycles. The van der Waals surface area contributed by atoms with E-state index in [1.165, 1.54) is 0 Å². The van der Waals surface area contributed by atoms with Crippen LogP contribution in [-0.2, 0) is 9.53 Å². The summed E-state index contributed by atoms with van der Waals surface area (Å²) in [6.45, 7) is 5.68. The molecule has 1 rings (SSSR count). The van der Waals surface area contributed by atoms with Gasteiger partial charge in [0.25, 0.3) is 0 Å². The molecular weight excluding hydrogens is 220 g/mol. The summed E-state index contributed by atoms with van der Waals surface area (Å²) >= 11 is 3.27. The number of carbonyl (C=O) groups excluding carboxylic acids is 1. The number of hydrogen-bond acceptors (Lipinski definition) is 2. The van der Waals surface area contributed by atoms with Crippen molar-refractivity contribution in [2.45, 2.75) is 26.2 Å². The average Bonchev–Trinajstić information content (AvgIpc) is 2.25. The fourth-order valence-electron chi connectivity index (χ4n) is 1.04. The molecule has 12 heavy (non-hydrogen) atoms. The minimum atomic E-state index is -0.250. The van der Waals surface area contributed by atoms with E-state index in [2.05, 4.69) is 29.4 Å². The Morgan fingerprint density at radius 3 is 2.67 bits per heavy atom. The lowest BCUT2D eigenvalue weighted by Crippen LogP contribution is -1.98. The largest absolute Gasteiger partial charge is 0.423 e. The molecule has 0 aromatic rings. The highest BCUT2D eigenvalue weighted by Gasteiger charge is 2.25. The van der Waals surface area contributed by atoms with E-state index in [1.807, 2.05) is 0 Å². The number of carbonyl (C=O) groups is 1. The van der Waals surface area contributed by atoms with Gasteiger partial charge in [0, 0.05) is 0 Å². The van der Waals surface area contributed by atoms with Gasteiger partial charge >= 0.3 is 5.97 Å². The van der Waals surface area contributed by atoms with Crippen LogP contribution in [0.5, 0.6) is 0 Å². The molecule has 0 spiro atoms. The van der Waals surface area contributed by atoms with Crippen LogP contribution >= 0.6 is 15.9 Å². The van der Waals surface area contributed by atoms with Gasteiger partial charge in [-0.25, -0.2) is 4.79 Å². The van der Waals surface area contributed by atoms with Crippen molar-refractivity contribution in [3.8, 4) is 0 Å². The highest BCUT2D eigenvalue weighted by Crippen LogP contribution is 2.32. The first-order valence-electron chi connectivity index (χ1n) is 3.97. The van der Waals surface area contributed by atoms with Crippen molar-refractivity contribution in [1.29, 1.82) is 0 Å². The lowest BCUT2D eigenvalue weighted by Gasteiger charge is -1.95. The van der Waals surface area contributed by atoms with Gasteiger partial charge in [-0.3, -0.25) is 0 Å². The molecule has 0 bridgehead atoms. The second kappa shape index (κ2) is 3.90. The number of rotatable bonds is 3. The molecule has 0 aromatic heterocycles. The van der Waals surface area contributed by atoms with E-state index < -0.39 is 0 Å². The predicted octanol–water partition coefficient (Wildman–Crippen LogP) is 2.90. The van der Waals surface area contributed by atoms with Gasteiger partial charge < -0.3 is 4.74 Å². The zero-order chi connectivity index (χ0) is 9.14. The minimum absolute atomic E-state index is 0.250. The molecule has 66 valence electrons. The molecule has 1 aliphatic heterocycles. The highest BCUT2D eigenvalue weighted by atomic mass is 79.9. The second-order valence-electron chi connectivity index (χ2n) is 2.71. The van der Waals surface area contributed by atoms with Crippen LogP contribution in [0.25, 0.3) is 0 Å². The maximum absolute atomic E-state index is 11.1. The van der Waals surface area contributed by atoms with Gasteiger partial charge in [0.2, 0.25) is 0 Å². The van der Waals surface area contributed by atoms with E-state index in [-0.39, 0.29) is 5.97 Å². The molecule has 0 unspecified atom stereocenters. The van der Waals surface area contributed by atoms with E-state index in [4.69, 9.17) is 4.74 Å². The van der Waals surface area contributed by atoms with Gasteiger partial charge in [-0.15, -0.1) is 0 Å². The fourth-order valence-corrected chi connectivity index (χ4v) is 1.48. The Balaban J connectivity index is 2.71. The Morgan fingerprint density at radius 2 is 2.25 bits per heavy atom. The Bertz CT molecular complexity index is 253. The van der Waals surface area contributed by atoms with Gasteiger partial charge in [-0.05, 0) is 28.8 Å². The first-order valence-corrected chi connectivity index (χ1v) is 4.76. The SMILES string of the molecule is C=C1OC(=O)C(CCCC)=C1Br. The number of esters is 1. The van der Waals surface area contributed by atoms with E-state index in [9.17, 15) is 4.79 Å². The summed E-state index contributed by atoms with van der Waals surface area (Å²) in [6.07, 6.45) is 2.85. The zero-order valence-electron chi connectivity index (χ0n) is 7.02. The summed E-state index contributed by atoms with van der Waals surface area (Å²) < 4.78 is 5.57. The van der Waals surface area contributed by atoms with Crippen molar-refractivity contribution in [2.24, 2.45) is 0 Å². The van der Waals surface area contributed by atoms with Gasteiger partial charge in [0.1, 0.15) is 5.76 Å². The molecule has 0 radical (unpaired) electrons. The Kier molecular flexibility index (Phi) is 3.09. The summed E-state index contributed by atoms with van der Waals surface area (Å²) in [6, 6.07) is 0. The molecular formula is C9H11BrO2. The number of ether oxygens (including phenoxy) is 1. The van der Waals surface area contributed by atoms with E-state index >= 15 is 0 Å². The summed E-state index contributed by atoms with van der Waals surface area (Å²) in [7, 11) is 0. The molecule has 0 fully saturated rings. The lowest BCUT2D eigenvalue weighted by molar-refractivity contribution is -0.133. The molecule has 1 heterocycles. The van der Waals surface area contributed by atoms with Crippen LogP contribution < -0.4 is 0 Å². The van der Waals surface area contributed by atoms with E-state index in [0.717, 1.165) is 29.3 Å². The van der Waals surface area contributed by atoms with E-state index in [1.54, 1.807) is 0 Å². The molecule has 2 nitrogen and oxygen atoms in total. The van der Waals surface area contributed by atoms with Crippen LogP contribution in [0.4, 0.5) is 0 Å². The zero-order valence-corrected chi connectivity index (χ0v) is 8.61. The predicted molar refractivity (Wildman–Crippen MR) is 50.7 cm³/mol. The molecule has 0 saturated carbocycles. The third-order valence-corrected chi connectivity index (χ3v) is 2.67. The molecule has 0 amide bonds. The summed E-state index contributed by atoms with van der Waals surface area (Å²) in [5.74, 6) is 0.187. The van der Waals surface area contributed by atoms with Crippen molar-refractivity contribution in [3.05, 3.63) is 22.4 Å². The van der Waals surface area contributed by atoms with Crippen molar-refractivity contribution in [3.63, 3.8) is 0 Å². The summed E-state index contributed by atoms with van der Waals surface area (Å²) in [5, 5.41) is 0. The van der Waals surface area contributed by atoms with Gasteiger partial charge in [-0.1, -0.05) is 19.9 Å². The van der Waals surface area contributed by atoms with Crippen molar-refractivity contribution >= 4 is 21.9 Å². The highest BCUT2D eigenvalue weighted by molar-refractivity contribution is 9.12. The smallest absolute Gasteiger partial charge is 0.340 e. The fraction of sp³-hybridized carbons (Fsp3) is 0.444. The minimum Gasteiger partial charge on any atom is -0.423 e. The number of unbranched alkanes of at least 4 members (excludes halogenated alkanes) is 1. The van der Waals surface area contributed by atoms with Gasteiger partial charge in [-0.2, -0.15) is 0 Å². The van der Waals surface area contributed by atoms with Gasteiger partial charge in [0.15, 0.2) is 0 Å². The topological polar surface area (TPSA) is 26.3 Å². The lowest BCUT2D eigenvalue weighted by atomic mass is 10.1. The molecule has 3 heteroatoms. The second-order valence-corrected chi connectivity index (χ2v) is 3.50. The third kappa shape index (κ3) is 1.78. The van der Waals surface area contributed by atoms with Crippen LogP contribution in [0.3, 0.4) is 0 Å². The van der Waals surface area contributed by atoms with Crippen LogP contribution in [0.15, 0.2) is 22.4 Å². The monoisotopic (exact) mass is 230 g/mol. The molecule has 1 aliphatic rings. The van der Waals surface area contributed by atoms with Crippen LogP contribution in [0.2, 0.25) is 0 Å². The van der Waals surface area contributed by atoms with Crippen LogP contribution in [-0.4, -0.2) is 5.97 Å². The maximum atomic E-state index is 11.1. The molecule has 0 saturated heterocycles. The maximum Gasteiger partial charge on any atom is 0.340 e. The number of halogens is 1. The normalized spacial score (nSPS) is 17.2. The Morgan fingerprint density at radius 1 is 1.58 bits per heavy atom. The number of hydrogen-bond donors (Lipinski definition) is 0. The Labute approximate surface area is 80.4 Å².